The molecule has 0 saturated carbocycles. The first kappa shape index (κ1) is 17.6. The fourth-order valence-electron chi connectivity index (χ4n) is 2.07. The van der Waals surface area contributed by atoms with Crippen LogP contribution in [0.4, 0.5) is 13.2 Å². The monoisotopic (exact) mass is 340 g/mol. The van der Waals surface area contributed by atoms with E-state index in [0.29, 0.717) is 11.1 Å². The number of amides is 1. The van der Waals surface area contributed by atoms with Crippen LogP contribution in [0, 0.1) is 0 Å². The molecule has 0 spiro atoms. The molecule has 1 aromatic heterocycles. The van der Waals surface area contributed by atoms with E-state index in [1.54, 1.807) is 7.05 Å². The van der Waals surface area contributed by atoms with E-state index in [2.05, 4.69) is 9.72 Å². The molecule has 0 aliphatic heterocycles. The lowest BCUT2D eigenvalue weighted by Crippen LogP contribution is -2.26. The van der Waals surface area contributed by atoms with Crippen molar-refractivity contribution in [1.29, 1.82) is 0 Å². The molecule has 0 radical (unpaired) electrons. The highest BCUT2D eigenvalue weighted by atomic mass is 19.4. The smallest absolute Gasteiger partial charge is 0.406 e. The summed E-state index contributed by atoms with van der Waals surface area (Å²) < 4.78 is 40.1. The van der Waals surface area contributed by atoms with Crippen molar-refractivity contribution in [2.75, 3.05) is 7.05 Å². The standard InChI is InChI=1S/C16H15F3N2O3/c1-10(22)12-7-14(20-8-12)15(23)21(2)9-11-3-5-13(6-4-11)24-16(17,18)19/h3-8,20H,9H2,1-2H3. The fraction of sp³-hybridized carbons (Fsp3) is 0.250. The maximum atomic E-state index is 12.2. The largest absolute Gasteiger partial charge is 0.573 e. The Bertz CT molecular complexity index is 736. The average molecular weight is 340 g/mol. The van der Waals surface area contributed by atoms with E-state index >= 15 is 0 Å². The van der Waals surface area contributed by atoms with Gasteiger partial charge in [0.2, 0.25) is 0 Å². The first-order valence-electron chi connectivity index (χ1n) is 6.95. The van der Waals surface area contributed by atoms with Crippen LogP contribution in [0.3, 0.4) is 0 Å². The molecule has 24 heavy (non-hydrogen) atoms. The normalized spacial score (nSPS) is 11.2. The Morgan fingerprint density at radius 2 is 1.83 bits per heavy atom. The van der Waals surface area contributed by atoms with Gasteiger partial charge in [0.05, 0.1) is 0 Å². The van der Waals surface area contributed by atoms with Gasteiger partial charge in [-0.3, -0.25) is 9.59 Å². The lowest BCUT2D eigenvalue weighted by Gasteiger charge is -2.17. The molecular formula is C16H15F3N2O3. The zero-order chi connectivity index (χ0) is 17.9. The van der Waals surface area contributed by atoms with E-state index in [1.807, 2.05) is 0 Å². The van der Waals surface area contributed by atoms with Gasteiger partial charge in [0.25, 0.3) is 5.91 Å². The molecule has 0 unspecified atom stereocenters. The van der Waals surface area contributed by atoms with Crippen LogP contribution in [-0.4, -0.2) is 35.0 Å². The second-order valence-corrected chi connectivity index (χ2v) is 5.21. The third kappa shape index (κ3) is 4.61. The van der Waals surface area contributed by atoms with Crippen molar-refractivity contribution in [3.63, 3.8) is 0 Å². The van der Waals surface area contributed by atoms with E-state index in [1.165, 1.54) is 48.4 Å². The Balaban J connectivity index is 2.01. The predicted molar refractivity (Wildman–Crippen MR) is 79.7 cm³/mol. The molecule has 1 amide bonds. The number of nitrogens with zero attached hydrogens (tertiary/aromatic N) is 1. The summed E-state index contributed by atoms with van der Waals surface area (Å²) in [6.45, 7) is 1.59. The molecule has 0 aliphatic carbocycles. The minimum atomic E-state index is -4.74. The maximum absolute atomic E-state index is 12.2. The molecule has 2 rings (SSSR count). The average Bonchev–Trinajstić information content (AvgIpc) is 2.97. The molecule has 0 atom stereocenters. The van der Waals surface area contributed by atoms with Crippen LogP contribution >= 0.6 is 0 Å². The van der Waals surface area contributed by atoms with Gasteiger partial charge in [0.1, 0.15) is 11.4 Å². The fourth-order valence-corrected chi connectivity index (χ4v) is 2.07. The molecule has 1 aromatic carbocycles. The summed E-state index contributed by atoms with van der Waals surface area (Å²) in [6.07, 6.45) is -3.29. The summed E-state index contributed by atoms with van der Waals surface area (Å²) in [6, 6.07) is 6.72. The van der Waals surface area contributed by atoms with Crippen molar-refractivity contribution in [3.8, 4) is 5.75 Å². The zero-order valence-electron chi connectivity index (χ0n) is 13.0. The van der Waals surface area contributed by atoms with Crippen molar-refractivity contribution in [3.05, 3.63) is 53.3 Å². The maximum Gasteiger partial charge on any atom is 0.573 e. The van der Waals surface area contributed by atoms with Crippen LogP contribution in [-0.2, 0) is 6.54 Å². The number of Topliss-reactive ketones (excluding diaryl/α,β-unsaturated/α-hetero) is 1. The zero-order valence-corrected chi connectivity index (χ0v) is 13.0. The molecule has 0 aliphatic rings. The summed E-state index contributed by atoms with van der Waals surface area (Å²) in [5, 5.41) is 0. The second-order valence-electron chi connectivity index (χ2n) is 5.21. The first-order valence-corrected chi connectivity index (χ1v) is 6.95. The summed E-state index contributed by atoms with van der Waals surface area (Å²) in [4.78, 5) is 27.6. The van der Waals surface area contributed by atoms with Crippen LogP contribution in [0.25, 0.3) is 0 Å². The van der Waals surface area contributed by atoms with E-state index in [0.717, 1.165) is 0 Å². The van der Waals surface area contributed by atoms with Crippen molar-refractivity contribution in [2.45, 2.75) is 19.8 Å². The Hall–Kier alpha value is -2.77. The Labute approximate surface area is 136 Å². The number of aromatic amines is 1. The minimum Gasteiger partial charge on any atom is -0.406 e. The van der Waals surface area contributed by atoms with Gasteiger partial charge >= 0.3 is 6.36 Å². The number of nitrogens with one attached hydrogen (secondary N) is 1. The molecule has 8 heteroatoms. The number of rotatable bonds is 5. The van der Waals surface area contributed by atoms with Crippen molar-refractivity contribution in [2.24, 2.45) is 0 Å². The number of carbonyl (C=O) groups excluding carboxylic acids is 2. The van der Waals surface area contributed by atoms with Crippen molar-refractivity contribution in [1.82, 2.24) is 9.88 Å². The van der Waals surface area contributed by atoms with Gasteiger partial charge in [-0.1, -0.05) is 12.1 Å². The Morgan fingerprint density at radius 3 is 2.33 bits per heavy atom. The van der Waals surface area contributed by atoms with Crippen LogP contribution < -0.4 is 4.74 Å². The van der Waals surface area contributed by atoms with Gasteiger partial charge in [-0.15, -0.1) is 13.2 Å². The molecule has 0 bridgehead atoms. The van der Waals surface area contributed by atoms with E-state index in [9.17, 15) is 22.8 Å². The molecule has 0 fully saturated rings. The highest BCUT2D eigenvalue weighted by molar-refractivity contribution is 5.98. The van der Waals surface area contributed by atoms with E-state index in [4.69, 9.17) is 0 Å². The summed E-state index contributed by atoms with van der Waals surface area (Å²) in [7, 11) is 1.55. The Kier molecular flexibility index (Phi) is 4.96. The van der Waals surface area contributed by atoms with E-state index < -0.39 is 6.36 Å². The van der Waals surface area contributed by atoms with Crippen molar-refractivity contribution < 1.29 is 27.5 Å². The van der Waals surface area contributed by atoms with Gasteiger partial charge < -0.3 is 14.6 Å². The van der Waals surface area contributed by atoms with Crippen LogP contribution in [0.15, 0.2) is 36.5 Å². The summed E-state index contributed by atoms with van der Waals surface area (Å²) >= 11 is 0. The van der Waals surface area contributed by atoms with Crippen LogP contribution in [0.2, 0.25) is 0 Å². The number of hydrogen-bond acceptors (Lipinski definition) is 3. The number of carbonyl (C=O) groups is 2. The summed E-state index contributed by atoms with van der Waals surface area (Å²) in [5.74, 6) is -0.818. The van der Waals surface area contributed by atoms with Crippen LogP contribution in [0.1, 0.15) is 33.3 Å². The van der Waals surface area contributed by atoms with E-state index in [-0.39, 0.29) is 29.7 Å². The number of aromatic nitrogens is 1. The number of ketones is 1. The molecule has 2 aromatic rings. The third-order valence-corrected chi connectivity index (χ3v) is 3.24. The minimum absolute atomic E-state index is 0.159. The van der Waals surface area contributed by atoms with Gasteiger partial charge in [-0.25, -0.2) is 0 Å². The van der Waals surface area contributed by atoms with Gasteiger partial charge in [0, 0.05) is 25.4 Å². The highest BCUT2D eigenvalue weighted by Gasteiger charge is 2.31. The number of ether oxygens (including phenoxy) is 1. The first-order chi connectivity index (χ1) is 11.2. The molecule has 1 heterocycles. The van der Waals surface area contributed by atoms with Gasteiger partial charge in [-0.2, -0.15) is 0 Å². The Morgan fingerprint density at radius 1 is 1.21 bits per heavy atom. The molecular weight excluding hydrogens is 325 g/mol. The second kappa shape index (κ2) is 6.77. The SMILES string of the molecule is CC(=O)c1c[nH]c(C(=O)N(C)Cc2ccc(OC(F)(F)F)cc2)c1. The molecule has 128 valence electrons. The molecule has 5 nitrogen and oxygen atoms in total. The number of hydrogen-bond donors (Lipinski definition) is 1. The topological polar surface area (TPSA) is 62.4 Å². The quantitative estimate of drug-likeness (QED) is 0.849. The number of benzene rings is 1. The molecule has 1 N–H and O–H groups in total. The van der Waals surface area contributed by atoms with Gasteiger partial charge in [-0.05, 0) is 30.7 Å². The third-order valence-electron chi connectivity index (χ3n) is 3.24. The number of H-pyrrole nitrogens is 1. The number of halogens is 3. The number of alkyl halides is 3. The predicted octanol–water partition coefficient (Wildman–Crippen LogP) is 3.39. The lowest BCUT2D eigenvalue weighted by atomic mass is 10.2. The lowest BCUT2D eigenvalue weighted by molar-refractivity contribution is -0.274. The van der Waals surface area contributed by atoms with Crippen LogP contribution in [0.5, 0.6) is 5.75 Å². The highest BCUT2D eigenvalue weighted by Crippen LogP contribution is 2.23. The van der Waals surface area contributed by atoms with Gasteiger partial charge in [0.15, 0.2) is 5.78 Å². The van der Waals surface area contributed by atoms with Crippen molar-refractivity contribution >= 4 is 11.7 Å². The molecule has 0 saturated heterocycles. The summed E-state index contributed by atoms with van der Waals surface area (Å²) in [5.41, 5.74) is 1.30.